The SMILES string of the molecule is CCC(CCCCCC(=O)c1ccc(-c2cccnc2)cc1)C(=O)O. The Kier molecular flexibility index (Phi) is 7.33. The first-order valence-corrected chi connectivity index (χ1v) is 8.88. The van der Waals surface area contributed by atoms with Gasteiger partial charge < -0.3 is 5.11 Å². The molecule has 0 spiro atoms. The van der Waals surface area contributed by atoms with Gasteiger partial charge in [-0.25, -0.2) is 0 Å². The predicted molar refractivity (Wildman–Crippen MR) is 98.5 cm³/mol. The number of nitrogens with zero attached hydrogens (tertiary/aromatic N) is 1. The smallest absolute Gasteiger partial charge is 0.306 e. The van der Waals surface area contributed by atoms with Crippen LogP contribution in [0.25, 0.3) is 11.1 Å². The van der Waals surface area contributed by atoms with E-state index in [1.165, 1.54) is 0 Å². The summed E-state index contributed by atoms with van der Waals surface area (Å²) in [5.41, 5.74) is 2.80. The van der Waals surface area contributed by atoms with Gasteiger partial charge in [0, 0.05) is 24.4 Å². The number of carboxylic acids is 1. The van der Waals surface area contributed by atoms with Gasteiger partial charge in [0.1, 0.15) is 0 Å². The molecule has 1 heterocycles. The molecule has 0 amide bonds. The van der Waals surface area contributed by atoms with Gasteiger partial charge >= 0.3 is 5.97 Å². The number of carbonyl (C=O) groups excluding carboxylic acids is 1. The highest BCUT2D eigenvalue weighted by Gasteiger charge is 2.14. The Morgan fingerprint density at radius 3 is 2.40 bits per heavy atom. The minimum Gasteiger partial charge on any atom is -0.481 e. The third-order valence-corrected chi connectivity index (χ3v) is 4.50. The third-order valence-electron chi connectivity index (χ3n) is 4.50. The number of pyridine rings is 1. The van der Waals surface area contributed by atoms with E-state index in [0.29, 0.717) is 19.3 Å². The molecular weight excluding hydrogens is 314 g/mol. The maximum Gasteiger partial charge on any atom is 0.306 e. The van der Waals surface area contributed by atoms with Crippen LogP contribution >= 0.6 is 0 Å². The zero-order chi connectivity index (χ0) is 18.1. The molecule has 1 aromatic carbocycles. The zero-order valence-corrected chi connectivity index (χ0v) is 14.6. The van der Waals surface area contributed by atoms with E-state index in [1.54, 1.807) is 12.4 Å². The first kappa shape index (κ1) is 18.8. The van der Waals surface area contributed by atoms with Gasteiger partial charge in [-0.1, -0.05) is 50.1 Å². The number of unbranched alkanes of at least 4 members (excludes halogenated alkanes) is 2. The molecule has 2 rings (SSSR count). The second kappa shape index (κ2) is 9.72. The summed E-state index contributed by atoms with van der Waals surface area (Å²) in [7, 11) is 0. The molecule has 0 aliphatic heterocycles. The lowest BCUT2D eigenvalue weighted by Gasteiger charge is -2.08. The van der Waals surface area contributed by atoms with Crippen molar-refractivity contribution in [2.24, 2.45) is 5.92 Å². The second-order valence-corrected chi connectivity index (χ2v) is 6.28. The fourth-order valence-corrected chi connectivity index (χ4v) is 2.88. The number of rotatable bonds is 10. The summed E-state index contributed by atoms with van der Waals surface area (Å²) in [5.74, 6) is -0.828. The standard InChI is InChI=1S/C21H25NO3/c1-2-16(21(24)25)7-4-3-5-9-20(23)18-12-10-17(11-13-18)19-8-6-14-22-15-19/h6,8,10-16H,2-5,7,9H2,1H3,(H,24,25). The molecule has 0 aliphatic rings. The molecule has 0 bridgehead atoms. The van der Waals surface area contributed by atoms with Crippen LogP contribution in [0.3, 0.4) is 0 Å². The number of aliphatic carboxylic acids is 1. The number of benzene rings is 1. The summed E-state index contributed by atoms with van der Waals surface area (Å²) in [6.45, 7) is 1.90. The maximum absolute atomic E-state index is 12.2. The normalized spacial score (nSPS) is 11.9. The first-order valence-electron chi connectivity index (χ1n) is 8.88. The van der Waals surface area contributed by atoms with E-state index >= 15 is 0 Å². The van der Waals surface area contributed by atoms with Crippen LogP contribution in [0, 0.1) is 5.92 Å². The lowest BCUT2D eigenvalue weighted by Crippen LogP contribution is -2.12. The van der Waals surface area contributed by atoms with Gasteiger partial charge in [-0.2, -0.15) is 0 Å². The highest BCUT2D eigenvalue weighted by Crippen LogP contribution is 2.20. The first-order chi connectivity index (χ1) is 12.1. The van der Waals surface area contributed by atoms with Crippen LogP contribution in [0.2, 0.25) is 0 Å². The number of ketones is 1. The van der Waals surface area contributed by atoms with Crippen molar-refractivity contribution in [2.45, 2.75) is 45.4 Å². The zero-order valence-electron chi connectivity index (χ0n) is 14.6. The lowest BCUT2D eigenvalue weighted by atomic mass is 9.97. The van der Waals surface area contributed by atoms with E-state index in [4.69, 9.17) is 5.11 Å². The van der Waals surface area contributed by atoms with Gasteiger partial charge in [0.15, 0.2) is 5.78 Å². The van der Waals surface area contributed by atoms with Crippen molar-refractivity contribution in [3.63, 3.8) is 0 Å². The van der Waals surface area contributed by atoms with Crippen LogP contribution in [-0.2, 0) is 4.79 Å². The van der Waals surface area contributed by atoms with E-state index in [2.05, 4.69) is 4.98 Å². The van der Waals surface area contributed by atoms with Gasteiger partial charge in [0.25, 0.3) is 0 Å². The van der Waals surface area contributed by atoms with Crippen LogP contribution in [-0.4, -0.2) is 21.8 Å². The fraction of sp³-hybridized carbons (Fsp3) is 0.381. The summed E-state index contributed by atoms with van der Waals surface area (Å²) in [5, 5.41) is 9.01. The van der Waals surface area contributed by atoms with Gasteiger partial charge in [0.2, 0.25) is 0 Å². The van der Waals surface area contributed by atoms with E-state index in [0.717, 1.165) is 36.0 Å². The van der Waals surface area contributed by atoms with Gasteiger partial charge in [-0.3, -0.25) is 14.6 Å². The summed E-state index contributed by atoms with van der Waals surface area (Å²) < 4.78 is 0. The summed E-state index contributed by atoms with van der Waals surface area (Å²) in [6, 6.07) is 11.5. The Bertz CT molecular complexity index is 680. The van der Waals surface area contributed by atoms with Crippen molar-refractivity contribution < 1.29 is 14.7 Å². The summed E-state index contributed by atoms with van der Waals surface area (Å²) >= 11 is 0. The molecule has 0 aliphatic carbocycles. The molecule has 4 nitrogen and oxygen atoms in total. The fourth-order valence-electron chi connectivity index (χ4n) is 2.88. The molecule has 0 fully saturated rings. The Morgan fingerprint density at radius 2 is 1.80 bits per heavy atom. The largest absolute Gasteiger partial charge is 0.481 e. The van der Waals surface area contributed by atoms with Gasteiger partial charge in [-0.15, -0.1) is 0 Å². The van der Waals surface area contributed by atoms with E-state index in [1.807, 2.05) is 43.3 Å². The highest BCUT2D eigenvalue weighted by atomic mass is 16.4. The Balaban J connectivity index is 1.77. The highest BCUT2D eigenvalue weighted by molar-refractivity contribution is 5.96. The molecule has 0 radical (unpaired) electrons. The molecule has 132 valence electrons. The molecule has 0 saturated carbocycles. The lowest BCUT2D eigenvalue weighted by molar-refractivity contribution is -0.142. The van der Waals surface area contributed by atoms with Gasteiger partial charge in [0.05, 0.1) is 5.92 Å². The molecule has 0 saturated heterocycles. The Hall–Kier alpha value is -2.49. The molecule has 1 aromatic heterocycles. The van der Waals surface area contributed by atoms with Crippen LogP contribution in [0.5, 0.6) is 0 Å². The quantitative estimate of drug-likeness (QED) is 0.489. The van der Waals surface area contributed by atoms with Crippen molar-refractivity contribution in [3.8, 4) is 11.1 Å². The summed E-state index contributed by atoms with van der Waals surface area (Å²) in [6.07, 6.45) is 7.96. The van der Waals surface area contributed by atoms with Crippen LogP contribution < -0.4 is 0 Å². The minimum atomic E-state index is -0.715. The molecule has 1 N–H and O–H groups in total. The van der Waals surface area contributed by atoms with Crippen LogP contribution in [0.1, 0.15) is 55.8 Å². The van der Waals surface area contributed by atoms with Crippen molar-refractivity contribution in [1.29, 1.82) is 0 Å². The molecule has 2 aromatic rings. The van der Waals surface area contributed by atoms with Crippen LogP contribution in [0.4, 0.5) is 0 Å². The second-order valence-electron chi connectivity index (χ2n) is 6.28. The molecule has 1 unspecified atom stereocenters. The number of hydrogen-bond donors (Lipinski definition) is 1. The Morgan fingerprint density at radius 1 is 1.04 bits per heavy atom. The molecular formula is C21H25NO3. The van der Waals surface area contributed by atoms with Crippen LogP contribution in [0.15, 0.2) is 48.8 Å². The molecule has 25 heavy (non-hydrogen) atoms. The van der Waals surface area contributed by atoms with E-state index in [9.17, 15) is 9.59 Å². The summed E-state index contributed by atoms with van der Waals surface area (Å²) in [4.78, 5) is 27.3. The van der Waals surface area contributed by atoms with Crippen molar-refractivity contribution in [3.05, 3.63) is 54.4 Å². The average Bonchev–Trinajstić information content (AvgIpc) is 2.65. The third kappa shape index (κ3) is 5.82. The minimum absolute atomic E-state index is 0.142. The Labute approximate surface area is 148 Å². The molecule has 1 atom stereocenters. The topological polar surface area (TPSA) is 67.3 Å². The predicted octanol–water partition coefficient (Wildman–Crippen LogP) is 4.99. The van der Waals surface area contributed by atoms with E-state index in [-0.39, 0.29) is 11.7 Å². The number of carbonyl (C=O) groups is 2. The monoisotopic (exact) mass is 339 g/mol. The van der Waals surface area contributed by atoms with Crippen molar-refractivity contribution >= 4 is 11.8 Å². The number of Topliss-reactive ketones (excluding diaryl/α,β-unsaturated/α-hetero) is 1. The van der Waals surface area contributed by atoms with Crippen molar-refractivity contribution in [2.75, 3.05) is 0 Å². The molecule has 4 heteroatoms. The number of aromatic nitrogens is 1. The number of carboxylic acid groups (broad SMARTS) is 1. The van der Waals surface area contributed by atoms with Crippen molar-refractivity contribution in [1.82, 2.24) is 4.98 Å². The van der Waals surface area contributed by atoms with Gasteiger partial charge in [-0.05, 0) is 36.5 Å². The maximum atomic E-state index is 12.2. The average molecular weight is 339 g/mol. The van der Waals surface area contributed by atoms with E-state index < -0.39 is 5.97 Å². The number of hydrogen-bond acceptors (Lipinski definition) is 3.